The maximum atomic E-state index is 13.4. The van der Waals surface area contributed by atoms with Crippen LogP contribution in [0, 0.1) is 11.7 Å². The largest absolute Gasteiger partial charge is 0.344 e. The van der Waals surface area contributed by atoms with E-state index < -0.39 is 0 Å². The molecule has 0 fully saturated rings. The second-order valence-corrected chi connectivity index (χ2v) is 7.62. The van der Waals surface area contributed by atoms with E-state index in [1.165, 1.54) is 12.1 Å². The third-order valence-electron chi connectivity index (χ3n) is 4.78. The molecular formula is C21H20ClFN4O. The lowest BCUT2D eigenvalue weighted by Crippen LogP contribution is -2.41. The Labute approximate surface area is 167 Å². The molecule has 1 amide bonds. The summed E-state index contributed by atoms with van der Waals surface area (Å²) in [6.07, 6.45) is 0. The van der Waals surface area contributed by atoms with Gasteiger partial charge in [-0.3, -0.25) is 4.79 Å². The van der Waals surface area contributed by atoms with Crippen LogP contribution in [0.3, 0.4) is 0 Å². The van der Waals surface area contributed by atoms with Gasteiger partial charge in [-0.1, -0.05) is 25.4 Å². The van der Waals surface area contributed by atoms with Gasteiger partial charge in [0, 0.05) is 16.3 Å². The van der Waals surface area contributed by atoms with Gasteiger partial charge in [-0.2, -0.15) is 0 Å². The van der Waals surface area contributed by atoms with Crippen LogP contribution in [-0.2, 0) is 11.3 Å². The summed E-state index contributed by atoms with van der Waals surface area (Å²) in [6.45, 7) is 4.25. The number of imidazole rings is 1. The second-order valence-electron chi connectivity index (χ2n) is 7.18. The van der Waals surface area contributed by atoms with Crippen LogP contribution < -0.4 is 10.6 Å². The highest BCUT2D eigenvalue weighted by atomic mass is 35.5. The van der Waals surface area contributed by atoms with Crippen molar-refractivity contribution in [3.63, 3.8) is 0 Å². The number of fused-ring (bicyclic) bond motifs is 1. The van der Waals surface area contributed by atoms with Crippen molar-refractivity contribution in [2.45, 2.75) is 26.4 Å². The molecule has 7 heteroatoms. The molecule has 28 heavy (non-hydrogen) atoms. The highest BCUT2D eigenvalue weighted by Crippen LogP contribution is 2.36. The zero-order valence-electron chi connectivity index (χ0n) is 15.5. The minimum atomic E-state index is -0.308. The van der Waals surface area contributed by atoms with E-state index in [4.69, 9.17) is 16.6 Å². The lowest BCUT2D eigenvalue weighted by Gasteiger charge is -2.28. The number of hydrogen-bond acceptors (Lipinski definition) is 3. The zero-order valence-corrected chi connectivity index (χ0v) is 16.3. The summed E-state index contributed by atoms with van der Waals surface area (Å²) in [5.41, 5.74) is 2.27. The number of aromatic nitrogens is 2. The minimum absolute atomic E-state index is 0.0617. The van der Waals surface area contributed by atoms with Crippen LogP contribution in [0.15, 0.2) is 48.5 Å². The van der Waals surface area contributed by atoms with Gasteiger partial charge in [0.15, 0.2) is 0 Å². The summed E-state index contributed by atoms with van der Waals surface area (Å²) in [4.78, 5) is 17.2. The average molecular weight is 399 g/mol. The van der Waals surface area contributed by atoms with Crippen molar-refractivity contribution in [2.24, 2.45) is 5.92 Å². The van der Waals surface area contributed by atoms with Gasteiger partial charge in [0.1, 0.15) is 29.7 Å². The molecule has 0 aliphatic carbocycles. The molecule has 0 saturated carbocycles. The van der Waals surface area contributed by atoms with Gasteiger partial charge in [0.25, 0.3) is 0 Å². The number of hydrogen-bond donors (Lipinski definition) is 2. The van der Waals surface area contributed by atoms with Gasteiger partial charge < -0.3 is 15.2 Å². The van der Waals surface area contributed by atoms with Crippen molar-refractivity contribution >= 4 is 29.0 Å². The summed E-state index contributed by atoms with van der Waals surface area (Å²) >= 11 is 5.99. The van der Waals surface area contributed by atoms with Crippen LogP contribution in [0.2, 0.25) is 5.02 Å². The lowest BCUT2D eigenvalue weighted by molar-refractivity contribution is -0.123. The van der Waals surface area contributed by atoms with Crippen LogP contribution in [-0.4, -0.2) is 15.5 Å². The summed E-state index contributed by atoms with van der Waals surface area (Å²) in [5, 5.41) is 7.02. The Bertz CT molecular complexity index is 1010. The quantitative estimate of drug-likeness (QED) is 0.656. The molecule has 0 spiro atoms. The third-order valence-corrected chi connectivity index (χ3v) is 5.04. The molecule has 1 aliphatic heterocycles. The molecule has 1 aromatic heterocycles. The number of halogens is 2. The molecule has 4 rings (SSSR count). The number of carbonyl (C=O) groups is 1. The van der Waals surface area contributed by atoms with Crippen molar-refractivity contribution in [1.29, 1.82) is 0 Å². The Morgan fingerprint density at radius 3 is 2.50 bits per heavy atom. The standard InChI is InChI=1S/C21H20ClFN4O/c1-12(2)18-20-26-19(13-3-7-15(23)8-4-13)21(27(20)11-17(28)25-18)24-16-9-5-14(22)6-10-16/h3-10,12,18,24H,11H2,1-2H3,(H,25,28). The van der Waals surface area contributed by atoms with Crippen LogP contribution >= 0.6 is 11.6 Å². The second kappa shape index (κ2) is 7.28. The van der Waals surface area contributed by atoms with E-state index in [0.29, 0.717) is 16.5 Å². The monoisotopic (exact) mass is 398 g/mol. The molecule has 2 heterocycles. The smallest absolute Gasteiger partial charge is 0.240 e. The van der Waals surface area contributed by atoms with Crippen molar-refractivity contribution < 1.29 is 9.18 Å². The van der Waals surface area contributed by atoms with Gasteiger partial charge in [-0.25, -0.2) is 9.37 Å². The normalized spacial score (nSPS) is 16.0. The Morgan fingerprint density at radius 1 is 1.18 bits per heavy atom. The fourth-order valence-corrected chi connectivity index (χ4v) is 3.49. The Morgan fingerprint density at radius 2 is 1.86 bits per heavy atom. The first-order valence-corrected chi connectivity index (χ1v) is 9.48. The van der Waals surface area contributed by atoms with E-state index in [2.05, 4.69) is 10.6 Å². The average Bonchev–Trinajstić information content (AvgIpc) is 3.01. The number of carbonyl (C=O) groups excluding carboxylic acids is 1. The van der Waals surface area contributed by atoms with Crippen LogP contribution in [0.25, 0.3) is 11.3 Å². The molecule has 5 nitrogen and oxygen atoms in total. The molecule has 2 aromatic carbocycles. The van der Waals surface area contributed by atoms with E-state index in [0.717, 1.165) is 17.1 Å². The third kappa shape index (κ3) is 3.47. The first kappa shape index (κ1) is 18.5. The predicted octanol–water partition coefficient (Wildman–Crippen LogP) is 4.91. The number of benzene rings is 2. The molecule has 0 radical (unpaired) electrons. The van der Waals surface area contributed by atoms with Crippen LogP contribution in [0.1, 0.15) is 25.7 Å². The van der Waals surface area contributed by atoms with E-state index >= 15 is 0 Å². The zero-order chi connectivity index (χ0) is 19.8. The molecule has 2 N–H and O–H groups in total. The maximum absolute atomic E-state index is 13.4. The highest BCUT2D eigenvalue weighted by molar-refractivity contribution is 6.30. The topological polar surface area (TPSA) is 59.0 Å². The van der Waals surface area contributed by atoms with Crippen molar-refractivity contribution in [2.75, 3.05) is 5.32 Å². The summed E-state index contributed by atoms with van der Waals surface area (Å²) in [7, 11) is 0. The van der Waals surface area contributed by atoms with Gasteiger partial charge in [-0.15, -0.1) is 0 Å². The predicted molar refractivity (Wildman–Crippen MR) is 108 cm³/mol. The minimum Gasteiger partial charge on any atom is -0.344 e. The molecule has 1 atom stereocenters. The first-order valence-electron chi connectivity index (χ1n) is 9.10. The molecular weight excluding hydrogens is 379 g/mol. The molecule has 1 unspecified atom stereocenters. The number of nitrogens with zero attached hydrogens (tertiary/aromatic N) is 2. The van der Waals surface area contributed by atoms with Gasteiger partial charge >= 0.3 is 0 Å². The van der Waals surface area contributed by atoms with E-state index in [1.807, 2.05) is 30.5 Å². The number of rotatable bonds is 4. The summed E-state index contributed by atoms with van der Waals surface area (Å²) < 4.78 is 15.3. The fourth-order valence-electron chi connectivity index (χ4n) is 3.37. The van der Waals surface area contributed by atoms with Crippen molar-refractivity contribution in [3.05, 3.63) is 65.2 Å². The van der Waals surface area contributed by atoms with Crippen LogP contribution in [0.4, 0.5) is 15.9 Å². The van der Waals surface area contributed by atoms with Crippen molar-refractivity contribution in [1.82, 2.24) is 14.9 Å². The molecule has 0 saturated heterocycles. The Balaban J connectivity index is 1.86. The number of anilines is 2. The van der Waals surface area contributed by atoms with Gasteiger partial charge in [0.05, 0.1) is 6.04 Å². The molecule has 3 aromatic rings. The van der Waals surface area contributed by atoms with E-state index in [-0.39, 0.29) is 30.2 Å². The number of nitrogens with one attached hydrogen (secondary N) is 2. The summed E-state index contributed by atoms with van der Waals surface area (Å²) in [6, 6.07) is 13.3. The Hall–Kier alpha value is -2.86. The highest BCUT2D eigenvalue weighted by Gasteiger charge is 2.32. The van der Waals surface area contributed by atoms with Gasteiger partial charge in [0.2, 0.25) is 5.91 Å². The molecule has 0 bridgehead atoms. The van der Waals surface area contributed by atoms with Crippen LogP contribution in [0.5, 0.6) is 0 Å². The number of amides is 1. The SMILES string of the molecule is CC(C)C1NC(=O)Cn2c1nc(-c1ccc(F)cc1)c2Nc1ccc(Cl)cc1. The fraction of sp³-hybridized carbons (Fsp3) is 0.238. The summed E-state index contributed by atoms with van der Waals surface area (Å²) in [5.74, 6) is 1.29. The molecule has 144 valence electrons. The van der Waals surface area contributed by atoms with E-state index in [1.54, 1.807) is 24.3 Å². The Kier molecular flexibility index (Phi) is 4.81. The van der Waals surface area contributed by atoms with Gasteiger partial charge in [-0.05, 0) is 54.4 Å². The van der Waals surface area contributed by atoms with E-state index in [9.17, 15) is 9.18 Å². The maximum Gasteiger partial charge on any atom is 0.240 e. The van der Waals surface area contributed by atoms with Crippen molar-refractivity contribution in [3.8, 4) is 11.3 Å². The first-order chi connectivity index (χ1) is 13.4. The molecule has 1 aliphatic rings. The lowest BCUT2D eigenvalue weighted by atomic mass is 10.0.